The van der Waals surface area contributed by atoms with E-state index in [4.69, 9.17) is 4.74 Å². The molecule has 8 nitrogen and oxygen atoms in total. The molecule has 146 valence electrons. The van der Waals surface area contributed by atoms with Crippen molar-refractivity contribution in [1.82, 2.24) is 15.2 Å². The predicted molar refractivity (Wildman–Crippen MR) is 110 cm³/mol. The number of methoxy groups -OCH3 is 1. The molecule has 0 aliphatic rings. The molecule has 0 aliphatic carbocycles. The topological polar surface area (TPSA) is 124 Å². The molecule has 4 N–H and O–H groups in total. The molecule has 0 unspecified atom stereocenters. The van der Waals surface area contributed by atoms with Crippen molar-refractivity contribution in [3.8, 4) is 28.5 Å². The summed E-state index contributed by atoms with van der Waals surface area (Å²) in [6.45, 7) is 0.277. The van der Waals surface area contributed by atoms with Gasteiger partial charge in [0.05, 0.1) is 25.4 Å². The number of hydrogen-bond acceptors (Lipinski definition) is 6. The molecule has 0 amide bonds. The zero-order valence-corrected chi connectivity index (χ0v) is 15.5. The van der Waals surface area contributed by atoms with Gasteiger partial charge in [-0.1, -0.05) is 12.1 Å². The molecule has 4 aromatic rings. The number of aliphatic imine (C=N–C) groups is 1. The molecular weight excluding hydrogens is 372 g/mol. The van der Waals surface area contributed by atoms with Crippen molar-refractivity contribution < 1.29 is 14.9 Å². The van der Waals surface area contributed by atoms with E-state index in [2.05, 4.69) is 20.2 Å². The van der Waals surface area contributed by atoms with Crippen molar-refractivity contribution >= 4 is 17.0 Å². The van der Waals surface area contributed by atoms with Gasteiger partial charge in [-0.05, 0) is 35.4 Å². The Kier molecular flexibility index (Phi) is 4.74. The van der Waals surface area contributed by atoms with Crippen LogP contribution in [0.2, 0.25) is 0 Å². The number of pyridine rings is 1. The Hall–Kier alpha value is -4.07. The number of benzene rings is 2. The number of nitrogens with one attached hydrogen (secondary N) is 2. The summed E-state index contributed by atoms with van der Waals surface area (Å²) in [6, 6.07) is 10.4. The molecular formula is C21H18N4O4. The van der Waals surface area contributed by atoms with Gasteiger partial charge in [0.15, 0.2) is 11.5 Å². The van der Waals surface area contributed by atoms with Gasteiger partial charge in [-0.3, -0.25) is 19.9 Å². The second kappa shape index (κ2) is 7.51. The maximum absolute atomic E-state index is 12.2. The van der Waals surface area contributed by atoms with Gasteiger partial charge in [-0.2, -0.15) is 5.10 Å². The molecule has 2 aromatic carbocycles. The summed E-state index contributed by atoms with van der Waals surface area (Å²) >= 11 is 0. The van der Waals surface area contributed by atoms with Gasteiger partial charge >= 0.3 is 0 Å². The lowest BCUT2D eigenvalue weighted by atomic mass is 10.0. The van der Waals surface area contributed by atoms with E-state index in [1.165, 1.54) is 13.3 Å². The summed E-state index contributed by atoms with van der Waals surface area (Å²) in [7, 11) is 1.48. The van der Waals surface area contributed by atoms with Crippen LogP contribution >= 0.6 is 0 Å². The third kappa shape index (κ3) is 3.55. The Morgan fingerprint density at radius 3 is 2.72 bits per heavy atom. The molecule has 0 bridgehead atoms. The molecule has 0 spiro atoms. The van der Waals surface area contributed by atoms with Gasteiger partial charge in [0, 0.05) is 28.7 Å². The average Bonchev–Trinajstić information content (AvgIpc) is 3.25. The Morgan fingerprint density at radius 2 is 2.00 bits per heavy atom. The number of nitrogens with zero attached hydrogens (tertiary/aromatic N) is 2. The Morgan fingerprint density at radius 1 is 1.14 bits per heavy atom. The van der Waals surface area contributed by atoms with Crippen LogP contribution in [0.25, 0.3) is 21.9 Å². The lowest BCUT2D eigenvalue weighted by Crippen LogP contribution is -2.08. The van der Waals surface area contributed by atoms with Crippen LogP contribution in [-0.2, 0) is 6.54 Å². The molecule has 0 atom stereocenters. The minimum Gasteiger partial charge on any atom is -0.504 e. The normalized spacial score (nSPS) is 11.3. The van der Waals surface area contributed by atoms with E-state index in [-0.39, 0.29) is 23.7 Å². The number of hydrogen-bond donors (Lipinski definition) is 4. The highest BCUT2D eigenvalue weighted by atomic mass is 16.5. The standard InChI is InChI=1S/C21H18N4O4/c1-29-19-5-2-12(6-18(19)26)8-22-11-17-16-7-13(14-9-23-24-10-14)3-4-15(16)20(27)25-21(17)28/h2-7,9-11,26H,8H2,1H3,(H,23,24)(H2,25,27,28). The van der Waals surface area contributed by atoms with Gasteiger partial charge in [-0.15, -0.1) is 0 Å². The van der Waals surface area contributed by atoms with Gasteiger partial charge in [0.25, 0.3) is 5.56 Å². The van der Waals surface area contributed by atoms with Crippen LogP contribution < -0.4 is 10.3 Å². The number of phenols is 1. The first-order valence-corrected chi connectivity index (χ1v) is 8.80. The molecule has 29 heavy (non-hydrogen) atoms. The summed E-state index contributed by atoms with van der Waals surface area (Å²) in [4.78, 5) is 19.0. The van der Waals surface area contributed by atoms with E-state index in [0.29, 0.717) is 22.1 Å². The van der Waals surface area contributed by atoms with Crippen LogP contribution in [0.1, 0.15) is 11.1 Å². The first-order valence-electron chi connectivity index (χ1n) is 8.80. The van der Waals surface area contributed by atoms with Crippen LogP contribution in [0, 0.1) is 0 Å². The number of ether oxygens (including phenoxy) is 1. The van der Waals surface area contributed by atoms with Crippen LogP contribution in [0.3, 0.4) is 0 Å². The molecule has 8 heteroatoms. The van der Waals surface area contributed by atoms with E-state index < -0.39 is 0 Å². The number of aromatic hydroxyl groups is 2. The fourth-order valence-corrected chi connectivity index (χ4v) is 3.13. The fraction of sp³-hybridized carbons (Fsp3) is 0.0952. The number of aromatic nitrogens is 3. The maximum Gasteiger partial charge on any atom is 0.258 e. The van der Waals surface area contributed by atoms with E-state index in [1.807, 2.05) is 12.1 Å². The number of aromatic amines is 2. The van der Waals surface area contributed by atoms with Gasteiger partial charge in [0.1, 0.15) is 0 Å². The first kappa shape index (κ1) is 18.3. The summed E-state index contributed by atoms with van der Waals surface area (Å²) < 4.78 is 5.03. The smallest absolute Gasteiger partial charge is 0.258 e. The van der Waals surface area contributed by atoms with Crippen molar-refractivity contribution in [1.29, 1.82) is 0 Å². The van der Waals surface area contributed by atoms with Crippen molar-refractivity contribution in [2.75, 3.05) is 7.11 Å². The summed E-state index contributed by atoms with van der Waals surface area (Å²) in [6.07, 6.45) is 4.93. The lowest BCUT2D eigenvalue weighted by molar-refractivity contribution is 0.373. The second-order valence-corrected chi connectivity index (χ2v) is 6.44. The van der Waals surface area contributed by atoms with Crippen molar-refractivity contribution in [2.45, 2.75) is 6.54 Å². The highest BCUT2D eigenvalue weighted by molar-refractivity contribution is 6.02. The van der Waals surface area contributed by atoms with Crippen LogP contribution in [-0.4, -0.2) is 38.7 Å². The molecule has 0 fully saturated rings. The molecule has 2 aromatic heterocycles. The minimum atomic E-state index is -0.381. The Labute approximate surface area is 165 Å². The monoisotopic (exact) mass is 390 g/mol. The van der Waals surface area contributed by atoms with Crippen LogP contribution in [0.5, 0.6) is 17.4 Å². The third-order valence-corrected chi connectivity index (χ3v) is 4.61. The number of phenolic OH excluding ortho intramolecular Hbond substituents is 1. The molecule has 4 rings (SSSR count). The van der Waals surface area contributed by atoms with Crippen LogP contribution in [0.15, 0.2) is 58.6 Å². The fourth-order valence-electron chi connectivity index (χ4n) is 3.13. The molecule has 0 aliphatic heterocycles. The first-order chi connectivity index (χ1) is 14.1. The van der Waals surface area contributed by atoms with E-state index >= 15 is 0 Å². The molecule has 0 saturated carbocycles. The van der Waals surface area contributed by atoms with Gasteiger partial charge in [-0.25, -0.2) is 0 Å². The molecule has 0 saturated heterocycles. The SMILES string of the molecule is COc1ccc(CN=Cc2c(O)[nH]c(=O)c3ccc(-c4cn[nH]c4)cc23)cc1O. The van der Waals surface area contributed by atoms with E-state index in [9.17, 15) is 15.0 Å². The van der Waals surface area contributed by atoms with Crippen molar-refractivity contribution in [2.24, 2.45) is 4.99 Å². The maximum atomic E-state index is 12.2. The zero-order chi connectivity index (χ0) is 20.4. The quantitative estimate of drug-likeness (QED) is 0.390. The number of rotatable bonds is 5. The van der Waals surface area contributed by atoms with Gasteiger partial charge in [0.2, 0.25) is 5.88 Å². The van der Waals surface area contributed by atoms with Crippen molar-refractivity contribution in [3.63, 3.8) is 0 Å². The minimum absolute atomic E-state index is 0.0299. The Balaban J connectivity index is 1.72. The summed E-state index contributed by atoms with van der Waals surface area (Å²) in [5.74, 6) is 0.157. The zero-order valence-electron chi connectivity index (χ0n) is 15.5. The van der Waals surface area contributed by atoms with Crippen LogP contribution in [0.4, 0.5) is 0 Å². The average molecular weight is 390 g/mol. The highest BCUT2D eigenvalue weighted by Gasteiger charge is 2.11. The molecule has 0 radical (unpaired) electrons. The Bertz CT molecular complexity index is 1260. The number of fused-ring (bicyclic) bond motifs is 1. The predicted octanol–water partition coefficient (Wildman–Crippen LogP) is 2.96. The van der Waals surface area contributed by atoms with Gasteiger partial charge < -0.3 is 14.9 Å². The summed E-state index contributed by atoms with van der Waals surface area (Å²) in [5.41, 5.74) is 2.51. The highest BCUT2D eigenvalue weighted by Crippen LogP contribution is 2.28. The van der Waals surface area contributed by atoms with E-state index in [0.717, 1.165) is 16.7 Å². The van der Waals surface area contributed by atoms with E-state index in [1.54, 1.807) is 36.7 Å². The summed E-state index contributed by atoms with van der Waals surface area (Å²) in [5, 5.41) is 27.9. The van der Waals surface area contributed by atoms with Crippen molar-refractivity contribution in [3.05, 3.63) is 70.3 Å². The second-order valence-electron chi connectivity index (χ2n) is 6.44. The largest absolute Gasteiger partial charge is 0.504 e. The lowest BCUT2D eigenvalue weighted by Gasteiger charge is -2.07. The number of H-pyrrole nitrogens is 2. The third-order valence-electron chi connectivity index (χ3n) is 4.61. The molecule has 2 heterocycles.